The molecule has 5 nitrogen and oxygen atoms in total. The number of nitrogens with zero attached hydrogens (tertiary/aromatic N) is 1. The number of hydrogen-bond donors (Lipinski definition) is 2. The molecule has 0 aliphatic carbocycles. The Labute approximate surface area is 181 Å². The van der Waals surface area contributed by atoms with Gasteiger partial charge in [0, 0.05) is 19.6 Å². The molecule has 1 atom stereocenters. The molecule has 1 aliphatic heterocycles. The first-order valence-electron chi connectivity index (χ1n) is 10.3. The summed E-state index contributed by atoms with van der Waals surface area (Å²) in [4.78, 5) is 15.3. The van der Waals surface area contributed by atoms with Crippen LogP contribution in [0.15, 0.2) is 77.5 Å². The van der Waals surface area contributed by atoms with Crippen molar-refractivity contribution in [1.82, 2.24) is 15.5 Å². The van der Waals surface area contributed by atoms with Gasteiger partial charge in [0.15, 0.2) is 0 Å². The molecule has 6 heteroatoms. The van der Waals surface area contributed by atoms with Crippen LogP contribution < -0.4 is 10.6 Å². The molecule has 1 aliphatic rings. The molecule has 2 N–H and O–H groups in total. The Hall–Kier alpha value is -2.67. The van der Waals surface area contributed by atoms with E-state index >= 15 is 0 Å². The molecule has 2 aromatic carbocycles. The molecule has 0 radical (unpaired) electrons. The summed E-state index contributed by atoms with van der Waals surface area (Å²) >= 11 is 1.69. The lowest BCUT2D eigenvalue weighted by molar-refractivity contribution is 0.0168. The number of nitrogens with one attached hydrogen (secondary N) is 2. The quantitative estimate of drug-likeness (QED) is 0.601. The minimum atomic E-state index is -0.199. The van der Waals surface area contributed by atoms with Crippen molar-refractivity contribution >= 4 is 17.4 Å². The minimum Gasteiger partial charge on any atom is -0.379 e. The average Bonchev–Trinajstić information content (AvgIpc) is 3.34. The number of thiophene rings is 1. The maximum atomic E-state index is 12.9. The van der Waals surface area contributed by atoms with Crippen LogP contribution in [0.1, 0.15) is 28.8 Å². The number of morpholine rings is 1. The molecule has 3 aromatic rings. The van der Waals surface area contributed by atoms with Gasteiger partial charge in [0.25, 0.3) is 0 Å². The van der Waals surface area contributed by atoms with E-state index < -0.39 is 0 Å². The maximum Gasteiger partial charge on any atom is 0.315 e. The fourth-order valence-corrected chi connectivity index (χ4v) is 4.54. The maximum absolute atomic E-state index is 12.9. The number of urea groups is 1. The lowest BCUT2D eigenvalue weighted by Crippen LogP contribution is -2.46. The van der Waals surface area contributed by atoms with E-state index in [9.17, 15) is 4.79 Å². The Kier molecular flexibility index (Phi) is 7.13. The molecule has 2 amide bonds. The highest BCUT2D eigenvalue weighted by Gasteiger charge is 2.24. The summed E-state index contributed by atoms with van der Waals surface area (Å²) in [5, 5.41) is 10.5. The third-order valence-electron chi connectivity index (χ3n) is 5.41. The molecule has 2 heterocycles. The third-order valence-corrected chi connectivity index (χ3v) is 6.11. The van der Waals surface area contributed by atoms with Crippen LogP contribution in [0.3, 0.4) is 0 Å². The van der Waals surface area contributed by atoms with Gasteiger partial charge in [0.2, 0.25) is 0 Å². The Morgan fingerprint density at radius 1 is 0.933 bits per heavy atom. The van der Waals surface area contributed by atoms with E-state index in [0.717, 1.165) is 37.4 Å². The highest BCUT2D eigenvalue weighted by molar-refractivity contribution is 7.07. The van der Waals surface area contributed by atoms with Crippen LogP contribution >= 0.6 is 11.3 Å². The average molecular weight is 422 g/mol. The van der Waals surface area contributed by atoms with Crippen LogP contribution in [0.5, 0.6) is 0 Å². The van der Waals surface area contributed by atoms with Crippen LogP contribution in [0.25, 0.3) is 0 Å². The van der Waals surface area contributed by atoms with Gasteiger partial charge in [-0.3, -0.25) is 4.90 Å². The molecule has 156 valence electrons. The summed E-state index contributed by atoms with van der Waals surface area (Å²) in [7, 11) is 0. The van der Waals surface area contributed by atoms with Gasteiger partial charge in [-0.15, -0.1) is 0 Å². The zero-order valence-corrected chi connectivity index (χ0v) is 17.7. The fraction of sp³-hybridized carbons (Fsp3) is 0.292. The van der Waals surface area contributed by atoms with E-state index in [0.29, 0.717) is 6.54 Å². The van der Waals surface area contributed by atoms with E-state index in [1.165, 1.54) is 5.56 Å². The molecule has 0 spiro atoms. The predicted molar refractivity (Wildman–Crippen MR) is 121 cm³/mol. The molecule has 1 unspecified atom stereocenters. The normalized spacial score (nSPS) is 15.6. The summed E-state index contributed by atoms with van der Waals surface area (Å²) in [6, 6.07) is 22.0. The fourth-order valence-electron chi connectivity index (χ4n) is 3.83. The SMILES string of the molecule is O=C(NCC(c1ccsc1)N1CCOCC1)NC(c1ccccc1)c1ccccc1. The topological polar surface area (TPSA) is 53.6 Å². The highest BCUT2D eigenvalue weighted by atomic mass is 32.1. The highest BCUT2D eigenvalue weighted by Crippen LogP contribution is 2.24. The summed E-state index contributed by atoms with van der Waals surface area (Å²) in [6.45, 7) is 3.77. The molecule has 1 aromatic heterocycles. The summed E-state index contributed by atoms with van der Waals surface area (Å²) in [6.07, 6.45) is 0. The molecular weight excluding hydrogens is 394 g/mol. The van der Waals surface area contributed by atoms with Crippen LogP contribution in [0.2, 0.25) is 0 Å². The second-order valence-electron chi connectivity index (χ2n) is 7.33. The van der Waals surface area contributed by atoms with Gasteiger partial charge in [-0.2, -0.15) is 11.3 Å². The molecular formula is C24H27N3O2S. The van der Waals surface area contributed by atoms with Gasteiger partial charge in [-0.25, -0.2) is 4.79 Å². The summed E-state index contributed by atoms with van der Waals surface area (Å²) in [5.41, 5.74) is 3.35. The number of ether oxygens (including phenoxy) is 1. The van der Waals surface area contributed by atoms with Crippen molar-refractivity contribution in [2.24, 2.45) is 0 Å². The summed E-state index contributed by atoms with van der Waals surface area (Å²) < 4.78 is 5.50. The number of benzene rings is 2. The first-order valence-corrected chi connectivity index (χ1v) is 11.2. The van der Waals surface area contributed by atoms with Crippen molar-refractivity contribution < 1.29 is 9.53 Å². The van der Waals surface area contributed by atoms with E-state index in [4.69, 9.17) is 4.74 Å². The van der Waals surface area contributed by atoms with Gasteiger partial charge in [0.05, 0.1) is 25.3 Å². The second-order valence-corrected chi connectivity index (χ2v) is 8.11. The lowest BCUT2D eigenvalue weighted by atomic mass is 9.99. The predicted octanol–water partition coefficient (Wildman–Crippen LogP) is 4.21. The van der Waals surface area contributed by atoms with Gasteiger partial charge in [-0.05, 0) is 33.5 Å². The second kappa shape index (κ2) is 10.4. The lowest BCUT2D eigenvalue weighted by Gasteiger charge is -2.34. The van der Waals surface area contributed by atoms with E-state index in [1.807, 2.05) is 60.7 Å². The number of carbonyl (C=O) groups is 1. The van der Waals surface area contributed by atoms with E-state index in [-0.39, 0.29) is 18.1 Å². The van der Waals surface area contributed by atoms with Crippen molar-refractivity contribution in [3.63, 3.8) is 0 Å². The zero-order valence-electron chi connectivity index (χ0n) is 16.9. The van der Waals surface area contributed by atoms with Gasteiger partial charge >= 0.3 is 6.03 Å². The van der Waals surface area contributed by atoms with Crippen LogP contribution in [0, 0.1) is 0 Å². The van der Waals surface area contributed by atoms with Crippen molar-refractivity contribution in [3.05, 3.63) is 94.2 Å². The Morgan fingerprint density at radius 2 is 1.57 bits per heavy atom. The smallest absolute Gasteiger partial charge is 0.315 e. The Morgan fingerprint density at radius 3 is 2.13 bits per heavy atom. The molecule has 4 rings (SSSR count). The Bertz CT molecular complexity index is 857. The number of amides is 2. The van der Waals surface area contributed by atoms with Crippen LogP contribution in [-0.2, 0) is 4.74 Å². The van der Waals surface area contributed by atoms with E-state index in [2.05, 4.69) is 32.4 Å². The van der Waals surface area contributed by atoms with Crippen LogP contribution in [0.4, 0.5) is 4.79 Å². The van der Waals surface area contributed by atoms with Crippen molar-refractivity contribution in [2.75, 3.05) is 32.8 Å². The number of rotatable bonds is 7. The molecule has 0 saturated carbocycles. The van der Waals surface area contributed by atoms with Gasteiger partial charge in [0.1, 0.15) is 0 Å². The first kappa shape index (κ1) is 20.6. The molecule has 1 saturated heterocycles. The van der Waals surface area contributed by atoms with Crippen molar-refractivity contribution in [3.8, 4) is 0 Å². The molecule has 1 fully saturated rings. The zero-order chi connectivity index (χ0) is 20.6. The number of carbonyl (C=O) groups excluding carboxylic acids is 1. The van der Waals surface area contributed by atoms with Crippen molar-refractivity contribution in [2.45, 2.75) is 12.1 Å². The Balaban J connectivity index is 1.45. The largest absolute Gasteiger partial charge is 0.379 e. The van der Waals surface area contributed by atoms with E-state index in [1.54, 1.807) is 11.3 Å². The van der Waals surface area contributed by atoms with Crippen LogP contribution in [-0.4, -0.2) is 43.8 Å². The monoisotopic (exact) mass is 421 g/mol. The molecule has 0 bridgehead atoms. The number of hydrogen-bond acceptors (Lipinski definition) is 4. The summed E-state index contributed by atoms with van der Waals surface area (Å²) in [5.74, 6) is 0. The standard InChI is InChI=1S/C24H27N3O2S/c28-24(25-17-22(21-11-16-30-18-21)27-12-14-29-15-13-27)26-23(19-7-3-1-4-8-19)20-9-5-2-6-10-20/h1-11,16,18,22-23H,12-15,17H2,(H2,25,26,28). The van der Waals surface area contributed by atoms with Crippen molar-refractivity contribution in [1.29, 1.82) is 0 Å². The van der Waals surface area contributed by atoms with Gasteiger partial charge in [-0.1, -0.05) is 60.7 Å². The molecule has 30 heavy (non-hydrogen) atoms. The first-order chi connectivity index (χ1) is 14.8. The van der Waals surface area contributed by atoms with Gasteiger partial charge < -0.3 is 15.4 Å². The minimum absolute atomic E-state index is 0.151. The third kappa shape index (κ3) is 5.27.